The summed E-state index contributed by atoms with van der Waals surface area (Å²) in [6.07, 6.45) is 1.63. The summed E-state index contributed by atoms with van der Waals surface area (Å²) in [7, 11) is 1.67. The molecule has 0 fully saturated rings. The van der Waals surface area contributed by atoms with E-state index < -0.39 is 0 Å². The minimum atomic E-state index is -0.230. The van der Waals surface area contributed by atoms with Gasteiger partial charge in [0.05, 0.1) is 13.3 Å². The number of hydrazone groups is 1. The van der Waals surface area contributed by atoms with Gasteiger partial charge in [0.25, 0.3) is 5.91 Å². The van der Waals surface area contributed by atoms with Gasteiger partial charge in [-0.15, -0.1) is 0 Å². The van der Waals surface area contributed by atoms with E-state index in [1.165, 1.54) is 0 Å². The predicted molar refractivity (Wildman–Crippen MR) is 93.2 cm³/mol. The number of hydrogen-bond donors (Lipinski definition) is 1. The largest absolute Gasteiger partial charge is 0.496 e. The number of nitrogens with one attached hydrogen (secondary N) is 1. The normalized spacial score (nSPS) is 11.5. The summed E-state index contributed by atoms with van der Waals surface area (Å²) in [5.74, 6) is 0.620. The molecule has 0 atom stereocenters. The number of carbonyl (C=O) groups is 1. The summed E-state index contributed by atoms with van der Waals surface area (Å²) < 4.78 is 5.41. The maximum atomic E-state index is 11.9. The fraction of sp³-hybridized carbons (Fsp3) is 0.263. The number of amides is 1. The fourth-order valence-electron chi connectivity index (χ4n) is 2.21. The Morgan fingerprint density at radius 2 is 1.83 bits per heavy atom. The van der Waals surface area contributed by atoms with Crippen LogP contribution >= 0.6 is 0 Å². The van der Waals surface area contributed by atoms with Crippen LogP contribution in [0.15, 0.2) is 53.6 Å². The highest BCUT2D eigenvalue weighted by Gasteiger charge is 2.18. The second kappa shape index (κ2) is 7.09. The molecule has 0 heterocycles. The van der Waals surface area contributed by atoms with E-state index in [1.54, 1.807) is 25.5 Å². The third-order valence-corrected chi connectivity index (χ3v) is 3.45. The van der Waals surface area contributed by atoms with E-state index >= 15 is 0 Å². The zero-order chi connectivity index (χ0) is 16.9. The predicted octanol–water partition coefficient (Wildman–Crippen LogP) is 3.76. The third kappa shape index (κ3) is 4.42. The highest BCUT2D eigenvalue weighted by Crippen LogP contribution is 2.31. The topological polar surface area (TPSA) is 50.7 Å². The molecule has 4 heteroatoms. The summed E-state index contributed by atoms with van der Waals surface area (Å²) in [5, 5.41) is 4.03. The lowest BCUT2D eigenvalue weighted by atomic mass is 9.85. The molecule has 2 aromatic rings. The number of nitrogens with zero attached hydrogens (tertiary/aromatic N) is 1. The maximum Gasteiger partial charge on any atom is 0.271 e. The Morgan fingerprint density at radius 1 is 1.13 bits per heavy atom. The van der Waals surface area contributed by atoms with Crippen molar-refractivity contribution in [2.75, 3.05) is 7.11 Å². The molecule has 0 aliphatic carbocycles. The SMILES string of the molecule is COc1ccc(/C=N/NC(=O)c2ccccc2)cc1C(C)(C)C. The van der Waals surface area contributed by atoms with Gasteiger partial charge in [-0.1, -0.05) is 39.0 Å². The molecule has 1 amide bonds. The smallest absolute Gasteiger partial charge is 0.271 e. The van der Waals surface area contributed by atoms with Gasteiger partial charge >= 0.3 is 0 Å². The van der Waals surface area contributed by atoms with Crippen LogP contribution in [0.4, 0.5) is 0 Å². The number of benzene rings is 2. The Labute approximate surface area is 137 Å². The molecule has 0 aliphatic rings. The van der Waals surface area contributed by atoms with Gasteiger partial charge in [0.2, 0.25) is 0 Å². The second-order valence-corrected chi connectivity index (χ2v) is 6.27. The number of rotatable bonds is 4. The molecule has 1 N–H and O–H groups in total. The van der Waals surface area contributed by atoms with Crippen molar-refractivity contribution in [3.05, 3.63) is 65.2 Å². The van der Waals surface area contributed by atoms with Crippen LogP contribution < -0.4 is 10.2 Å². The van der Waals surface area contributed by atoms with Crippen molar-refractivity contribution in [2.24, 2.45) is 5.10 Å². The molecular formula is C19H22N2O2. The molecule has 0 radical (unpaired) electrons. The number of ether oxygens (including phenoxy) is 1. The summed E-state index contributed by atoms with van der Waals surface area (Å²) in [4.78, 5) is 11.9. The molecule has 0 bridgehead atoms. The van der Waals surface area contributed by atoms with Gasteiger partial charge in [0.1, 0.15) is 5.75 Å². The van der Waals surface area contributed by atoms with E-state index in [9.17, 15) is 4.79 Å². The highest BCUT2D eigenvalue weighted by molar-refractivity contribution is 5.94. The molecule has 23 heavy (non-hydrogen) atoms. The summed E-state index contributed by atoms with van der Waals surface area (Å²) >= 11 is 0. The maximum absolute atomic E-state index is 11.9. The van der Waals surface area contributed by atoms with Gasteiger partial charge in [-0.05, 0) is 41.3 Å². The summed E-state index contributed by atoms with van der Waals surface area (Å²) in [5.41, 5.74) is 5.08. The second-order valence-electron chi connectivity index (χ2n) is 6.27. The van der Waals surface area contributed by atoms with Gasteiger partial charge in [-0.2, -0.15) is 5.10 Å². The molecule has 120 valence electrons. The van der Waals surface area contributed by atoms with E-state index in [1.807, 2.05) is 36.4 Å². The molecular weight excluding hydrogens is 288 g/mol. The Balaban J connectivity index is 2.13. The van der Waals surface area contributed by atoms with Crippen molar-refractivity contribution < 1.29 is 9.53 Å². The van der Waals surface area contributed by atoms with Gasteiger partial charge in [0.15, 0.2) is 0 Å². The molecule has 0 aromatic heterocycles. The van der Waals surface area contributed by atoms with Gasteiger partial charge in [0, 0.05) is 11.1 Å². The van der Waals surface area contributed by atoms with Crippen molar-refractivity contribution in [3.8, 4) is 5.75 Å². The van der Waals surface area contributed by atoms with Crippen LogP contribution in [-0.4, -0.2) is 19.2 Å². The van der Waals surface area contributed by atoms with Crippen molar-refractivity contribution in [1.82, 2.24) is 5.43 Å². The Bertz CT molecular complexity index is 701. The van der Waals surface area contributed by atoms with Crippen LogP contribution in [0, 0.1) is 0 Å². The first-order valence-corrected chi connectivity index (χ1v) is 7.49. The lowest BCUT2D eigenvalue weighted by Crippen LogP contribution is -2.17. The first kappa shape index (κ1) is 16.7. The lowest BCUT2D eigenvalue weighted by molar-refractivity contribution is 0.0955. The average Bonchev–Trinajstić information content (AvgIpc) is 2.54. The fourth-order valence-corrected chi connectivity index (χ4v) is 2.21. The first-order chi connectivity index (χ1) is 10.9. The van der Waals surface area contributed by atoms with Gasteiger partial charge in [-0.3, -0.25) is 4.79 Å². The zero-order valence-electron chi connectivity index (χ0n) is 14.0. The van der Waals surface area contributed by atoms with Gasteiger partial charge < -0.3 is 4.74 Å². The molecule has 2 rings (SSSR count). The minimum Gasteiger partial charge on any atom is -0.496 e. The molecule has 0 saturated carbocycles. The van der Waals surface area contributed by atoms with E-state index in [4.69, 9.17) is 4.74 Å². The highest BCUT2D eigenvalue weighted by atomic mass is 16.5. The van der Waals surface area contributed by atoms with Crippen molar-refractivity contribution >= 4 is 12.1 Å². The Morgan fingerprint density at radius 3 is 2.43 bits per heavy atom. The third-order valence-electron chi connectivity index (χ3n) is 3.45. The van der Waals surface area contributed by atoms with Crippen molar-refractivity contribution in [2.45, 2.75) is 26.2 Å². The molecule has 0 spiro atoms. The zero-order valence-corrected chi connectivity index (χ0v) is 14.0. The number of methoxy groups -OCH3 is 1. The number of hydrogen-bond acceptors (Lipinski definition) is 3. The molecule has 0 unspecified atom stereocenters. The molecule has 0 saturated heterocycles. The van der Waals surface area contributed by atoms with Crippen LogP contribution in [0.3, 0.4) is 0 Å². The van der Waals surface area contributed by atoms with E-state index in [-0.39, 0.29) is 11.3 Å². The van der Waals surface area contributed by atoms with E-state index in [0.29, 0.717) is 5.56 Å². The van der Waals surface area contributed by atoms with Crippen LogP contribution in [0.25, 0.3) is 0 Å². The van der Waals surface area contributed by atoms with Crippen LogP contribution in [0.2, 0.25) is 0 Å². The lowest BCUT2D eigenvalue weighted by Gasteiger charge is -2.22. The van der Waals surface area contributed by atoms with Gasteiger partial charge in [-0.25, -0.2) is 5.43 Å². The van der Waals surface area contributed by atoms with E-state index in [0.717, 1.165) is 16.9 Å². The standard InChI is InChI=1S/C19H22N2O2/c1-19(2,3)16-12-14(10-11-17(16)23-4)13-20-21-18(22)15-8-6-5-7-9-15/h5-13H,1-4H3,(H,21,22)/b20-13+. The quantitative estimate of drug-likeness (QED) is 0.690. The molecule has 4 nitrogen and oxygen atoms in total. The van der Waals surface area contributed by atoms with Crippen LogP contribution in [-0.2, 0) is 5.41 Å². The monoisotopic (exact) mass is 310 g/mol. The Hall–Kier alpha value is -2.62. The summed E-state index contributed by atoms with van der Waals surface area (Å²) in [6.45, 7) is 6.38. The van der Waals surface area contributed by atoms with Crippen LogP contribution in [0.5, 0.6) is 5.75 Å². The Kier molecular flexibility index (Phi) is 5.16. The van der Waals surface area contributed by atoms with Crippen LogP contribution in [0.1, 0.15) is 42.3 Å². The molecule has 0 aliphatic heterocycles. The average molecular weight is 310 g/mol. The van der Waals surface area contributed by atoms with Crippen molar-refractivity contribution in [1.29, 1.82) is 0 Å². The summed E-state index contributed by atoms with van der Waals surface area (Å²) in [6, 6.07) is 14.8. The van der Waals surface area contributed by atoms with Crippen molar-refractivity contribution in [3.63, 3.8) is 0 Å². The number of carbonyl (C=O) groups excluding carboxylic acids is 1. The van der Waals surface area contributed by atoms with E-state index in [2.05, 4.69) is 31.3 Å². The molecule has 2 aromatic carbocycles. The minimum absolute atomic E-state index is 0.0392. The first-order valence-electron chi connectivity index (χ1n) is 7.49.